The van der Waals surface area contributed by atoms with Crippen LogP contribution in [0.2, 0.25) is 5.02 Å². The maximum absolute atomic E-state index is 13.6. The van der Waals surface area contributed by atoms with Crippen LogP contribution in [-0.2, 0) is 4.79 Å². The molecular formula is C13H12ClFO2. The first-order valence-corrected chi connectivity index (χ1v) is 5.97. The first-order valence-electron chi connectivity index (χ1n) is 5.59. The van der Waals surface area contributed by atoms with Crippen molar-refractivity contribution >= 4 is 23.2 Å². The van der Waals surface area contributed by atoms with Gasteiger partial charge >= 0.3 is 0 Å². The quantitative estimate of drug-likeness (QED) is 0.758. The van der Waals surface area contributed by atoms with Crippen LogP contribution >= 0.6 is 11.6 Å². The number of halogens is 2. The van der Waals surface area contributed by atoms with Crippen molar-refractivity contribution < 1.29 is 14.0 Å². The first-order chi connectivity index (χ1) is 8.09. The Kier molecular flexibility index (Phi) is 3.57. The second-order valence-electron chi connectivity index (χ2n) is 4.29. The molecule has 1 aromatic carbocycles. The number of ketones is 2. The second-order valence-corrected chi connectivity index (χ2v) is 4.70. The van der Waals surface area contributed by atoms with E-state index in [0.717, 1.165) is 0 Å². The number of carbonyl (C=O) groups is 2. The standard InChI is InChI=1S/C13H12ClFO2/c14-10-5-2-6-11(15)12(10)13(17)8-3-1-4-9(16)7-8/h2,5-6,8H,1,3-4,7H2. The van der Waals surface area contributed by atoms with E-state index in [1.165, 1.54) is 18.2 Å². The van der Waals surface area contributed by atoms with Gasteiger partial charge in [-0.3, -0.25) is 9.59 Å². The van der Waals surface area contributed by atoms with Gasteiger partial charge in [-0.2, -0.15) is 0 Å². The highest BCUT2D eigenvalue weighted by atomic mass is 35.5. The van der Waals surface area contributed by atoms with Gasteiger partial charge in [-0.05, 0) is 25.0 Å². The van der Waals surface area contributed by atoms with Crippen molar-refractivity contribution in [2.24, 2.45) is 5.92 Å². The van der Waals surface area contributed by atoms with Gasteiger partial charge in [0.1, 0.15) is 11.6 Å². The predicted molar refractivity (Wildman–Crippen MR) is 62.7 cm³/mol. The van der Waals surface area contributed by atoms with E-state index in [0.29, 0.717) is 19.3 Å². The summed E-state index contributed by atoms with van der Waals surface area (Å²) in [6.45, 7) is 0. The molecule has 1 aliphatic rings. The van der Waals surface area contributed by atoms with Gasteiger partial charge in [0.05, 0.1) is 10.6 Å². The van der Waals surface area contributed by atoms with Crippen LogP contribution in [0.1, 0.15) is 36.0 Å². The van der Waals surface area contributed by atoms with E-state index in [-0.39, 0.29) is 28.6 Å². The molecule has 0 amide bonds. The SMILES string of the molecule is O=C1CCCC(C(=O)c2c(F)cccc2Cl)C1. The number of hydrogen-bond acceptors (Lipinski definition) is 2. The van der Waals surface area contributed by atoms with Crippen molar-refractivity contribution in [1.29, 1.82) is 0 Å². The van der Waals surface area contributed by atoms with E-state index in [2.05, 4.69) is 0 Å². The summed E-state index contributed by atoms with van der Waals surface area (Å²) >= 11 is 5.83. The van der Waals surface area contributed by atoms with E-state index in [4.69, 9.17) is 11.6 Å². The third-order valence-electron chi connectivity index (χ3n) is 3.06. The van der Waals surface area contributed by atoms with Gasteiger partial charge in [-0.25, -0.2) is 4.39 Å². The maximum atomic E-state index is 13.6. The Morgan fingerprint density at radius 2 is 2.18 bits per heavy atom. The molecule has 1 saturated carbocycles. The van der Waals surface area contributed by atoms with Gasteiger partial charge in [-0.15, -0.1) is 0 Å². The number of Topliss-reactive ketones (excluding diaryl/α,β-unsaturated/α-hetero) is 2. The lowest BCUT2D eigenvalue weighted by Gasteiger charge is -2.20. The minimum atomic E-state index is -0.611. The first kappa shape index (κ1) is 12.2. The maximum Gasteiger partial charge on any atom is 0.170 e. The van der Waals surface area contributed by atoms with E-state index in [1.54, 1.807) is 0 Å². The Morgan fingerprint density at radius 3 is 2.82 bits per heavy atom. The number of rotatable bonds is 2. The molecule has 1 aromatic rings. The van der Waals surface area contributed by atoms with Crippen molar-refractivity contribution in [2.75, 3.05) is 0 Å². The number of benzene rings is 1. The molecule has 0 aromatic heterocycles. The summed E-state index contributed by atoms with van der Waals surface area (Å²) in [7, 11) is 0. The molecular weight excluding hydrogens is 243 g/mol. The zero-order valence-electron chi connectivity index (χ0n) is 9.21. The van der Waals surface area contributed by atoms with Gasteiger partial charge in [-0.1, -0.05) is 17.7 Å². The Hall–Kier alpha value is -1.22. The lowest BCUT2D eigenvalue weighted by Crippen LogP contribution is -2.24. The van der Waals surface area contributed by atoms with Gasteiger partial charge in [0.15, 0.2) is 5.78 Å². The molecule has 0 saturated heterocycles. The van der Waals surface area contributed by atoms with Crippen molar-refractivity contribution in [3.63, 3.8) is 0 Å². The van der Waals surface area contributed by atoms with Gasteiger partial charge in [0.2, 0.25) is 0 Å². The van der Waals surface area contributed by atoms with Crippen LogP contribution in [0.15, 0.2) is 18.2 Å². The minimum absolute atomic E-state index is 0.0714. The Labute approximate surface area is 104 Å². The van der Waals surface area contributed by atoms with E-state index in [9.17, 15) is 14.0 Å². The van der Waals surface area contributed by atoms with Crippen LogP contribution in [0.5, 0.6) is 0 Å². The summed E-state index contributed by atoms with van der Waals surface area (Å²) in [5.41, 5.74) is -0.0751. The Balaban J connectivity index is 2.27. The van der Waals surface area contributed by atoms with Crippen molar-refractivity contribution in [3.8, 4) is 0 Å². The molecule has 2 nitrogen and oxygen atoms in total. The van der Waals surface area contributed by atoms with E-state index >= 15 is 0 Å². The third kappa shape index (κ3) is 2.55. The smallest absolute Gasteiger partial charge is 0.170 e. The summed E-state index contributed by atoms with van der Waals surface area (Å²) in [5.74, 6) is -1.30. The van der Waals surface area contributed by atoms with Crippen LogP contribution in [0.3, 0.4) is 0 Å². The van der Waals surface area contributed by atoms with Crippen LogP contribution in [0.4, 0.5) is 4.39 Å². The summed E-state index contributed by atoms with van der Waals surface area (Å²) in [5, 5.41) is 0.119. The lowest BCUT2D eigenvalue weighted by atomic mass is 9.83. The zero-order chi connectivity index (χ0) is 12.4. The topological polar surface area (TPSA) is 34.1 Å². The molecule has 0 bridgehead atoms. The Morgan fingerprint density at radius 1 is 1.41 bits per heavy atom. The Bertz CT molecular complexity index is 450. The summed E-state index contributed by atoms with van der Waals surface area (Å²) < 4.78 is 13.6. The molecule has 2 rings (SSSR count). The molecule has 1 aliphatic carbocycles. The third-order valence-corrected chi connectivity index (χ3v) is 3.38. The highest BCUT2D eigenvalue weighted by Crippen LogP contribution is 2.29. The van der Waals surface area contributed by atoms with Crippen LogP contribution < -0.4 is 0 Å². The van der Waals surface area contributed by atoms with E-state index in [1.807, 2.05) is 0 Å². The van der Waals surface area contributed by atoms with Gasteiger partial charge < -0.3 is 0 Å². The van der Waals surface area contributed by atoms with E-state index < -0.39 is 11.7 Å². The highest BCUT2D eigenvalue weighted by Gasteiger charge is 2.29. The van der Waals surface area contributed by atoms with Crippen molar-refractivity contribution in [2.45, 2.75) is 25.7 Å². The number of carbonyl (C=O) groups excluding carboxylic acids is 2. The average molecular weight is 255 g/mol. The van der Waals surface area contributed by atoms with Crippen LogP contribution in [-0.4, -0.2) is 11.6 Å². The molecule has 17 heavy (non-hydrogen) atoms. The van der Waals surface area contributed by atoms with Gasteiger partial charge in [0.25, 0.3) is 0 Å². The summed E-state index contributed by atoms with van der Waals surface area (Å²) in [4.78, 5) is 23.4. The van der Waals surface area contributed by atoms with Crippen LogP contribution in [0.25, 0.3) is 0 Å². The summed E-state index contributed by atoms with van der Waals surface area (Å²) in [6.07, 6.45) is 2.06. The molecule has 1 unspecified atom stereocenters. The second kappa shape index (κ2) is 4.96. The molecule has 1 fully saturated rings. The molecule has 0 heterocycles. The van der Waals surface area contributed by atoms with Gasteiger partial charge in [0, 0.05) is 18.8 Å². The fourth-order valence-electron chi connectivity index (χ4n) is 2.19. The largest absolute Gasteiger partial charge is 0.300 e. The summed E-state index contributed by atoms with van der Waals surface area (Å²) in [6, 6.07) is 4.16. The lowest BCUT2D eigenvalue weighted by molar-refractivity contribution is -0.121. The average Bonchev–Trinajstić information content (AvgIpc) is 2.28. The molecule has 0 N–H and O–H groups in total. The van der Waals surface area contributed by atoms with Crippen LogP contribution in [0, 0.1) is 11.7 Å². The molecule has 1 atom stereocenters. The molecule has 0 radical (unpaired) electrons. The molecule has 0 aliphatic heterocycles. The minimum Gasteiger partial charge on any atom is -0.300 e. The predicted octanol–water partition coefficient (Wildman–Crippen LogP) is 3.42. The molecule has 90 valence electrons. The van der Waals surface area contributed by atoms with Crippen molar-refractivity contribution in [1.82, 2.24) is 0 Å². The zero-order valence-corrected chi connectivity index (χ0v) is 9.97. The van der Waals surface area contributed by atoms with Crippen molar-refractivity contribution in [3.05, 3.63) is 34.6 Å². The fraction of sp³-hybridized carbons (Fsp3) is 0.385. The monoisotopic (exact) mass is 254 g/mol. The molecule has 0 spiro atoms. The molecule has 4 heteroatoms. The fourth-order valence-corrected chi connectivity index (χ4v) is 2.44. The highest BCUT2D eigenvalue weighted by molar-refractivity contribution is 6.34. The normalized spacial score (nSPS) is 20.4. The number of hydrogen-bond donors (Lipinski definition) is 0.